The number of halogens is 1. The van der Waals surface area contributed by atoms with Gasteiger partial charge < -0.3 is 10.1 Å². The fourth-order valence-corrected chi connectivity index (χ4v) is 3.11. The number of carbonyl (C=O) groups is 1. The average molecular weight is 345 g/mol. The lowest BCUT2D eigenvalue weighted by Gasteiger charge is -2.10. The highest BCUT2D eigenvalue weighted by Crippen LogP contribution is 2.26. The van der Waals surface area contributed by atoms with Gasteiger partial charge in [0.05, 0.1) is 18.1 Å². The highest BCUT2D eigenvalue weighted by Gasteiger charge is 2.12. The number of anilines is 1. The summed E-state index contributed by atoms with van der Waals surface area (Å²) in [6.07, 6.45) is 0.717. The maximum Gasteiger partial charge on any atom is 0.337 e. The molecule has 3 aromatic rings. The molecule has 0 amide bonds. The first-order valence-corrected chi connectivity index (χ1v) is 8.35. The molecule has 0 spiro atoms. The lowest BCUT2D eigenvalue weighted by molar-refractivity contribution is 0.0600. The number of nitrogens with zero attached hydrogens (tertiary/aromatic N) is 2. The van der Waals surface area contributed by atoms with Gasteiger partial charge in [-0.2, -0.15) is 0 Å². The average Bonchev–Trinajstić information content (AvgIpc) is 3.08. The molecule has 0 aliphatic heterocycles. The second-order valence-corrected chi connectivity index (χ2v) is 6.03. The van der Waals surface area contributed by atoms with Gasteiger partial charge in [0, 0.05) is 18.5 Å². The normalized spacial score (nSPS) is 10.8. The van der Waals surface area contributed by atoms with Crippen LogP contribution >= 0.6 is 11.3 Å². The number of esters is 1. The highest BCUT2D eigenvalue weighted by atomic mass is 32.1. The largest absolute Gasteiger partial charge is 0.465 e. The van der Waals surface area contributed by atoms with Crippen LogP contribution in [0.25, 0.3) is 10.2 Å². The fourth-order valence-electron chi connectivity index (χ4n) is 2.33. The van der Waals surface area contributed by atoms with Crippen molar-refractivity contribution in [2.45, 2.75) is 19.9 Å². The molecule has 5 nitrogen and oxygen atoms in total. The van der Waals surface area contributed by atoms with Gasteiger partial charge in [0.2, 0.25) is 0 Å². The van der Waals surface area contributed by atoms with Gasteiger partial charge in [0.1, 0.15) is 22.3 Å². The molecule has 0 saturated heterocycles. The van der Waals surface area contributed by atoms with Crippen molar-refractivity contribution in [1.82, 2.24) is 9.97 Å². The van der Waals surface area contributed by atoms with Crippen LogP contribution in [0.5, 0.6) is 0 Å². The van der Waals surface area contributed by atoms with E-state index in [-0.39, 0.29) is 12.4 Å². The number of methoxy groups -OCH3 is 1. The molecule has 2 aromatic heterocycles. The van der Waals surface area contributed by atoms with E-state index in [0.29, 0.717) is 23.4 Å². The minimum absolute atomic E-state index is 0.210. The lowest BCUT2D eigenvalue weighted by atomic mass is 10.1. The number of benzene rings is 1. The topological polar surface area (TPSA) is 64.1 Å². The van der Waals surface area contributed by atoms with Gasteiger partial charge in [0.15, 0.2) is 0 Å². The Morgan fingerprint density at radius 1 is 1.33 bits per heavy atom. The SMILES string of the molecule is CCc1nc(NCc2cc(C(=O)OC)ccc2F)c2ccsc2n1. The Kier molecular flexibility index (Phi) is 4.71. The maximum absolute atomic E-state index is 14.0. The standard InChI is InChI=1S/C17H16FN3O2S/c1-3-14-20-15(12-6-7-24-16(12)21-14)19-9-11-8-10(17(22)23-2)4-5-13(11)18/h4-8H,3,9H2,1-2H3,(H,19,20,21). The van der Waals surface area contributed by atoms with Crippen LogP contribution in [-0.4, -0.2) is 23.0 Å². The van der Waals surface area contributed by atoms with E-state index < -0.39 is 5.97 Å². The Bertz CT molecular complexity index is 895. The quantitative estimate of drug-likeness (QED) is 0.713. The fraction of sp³-hybridized carbons (Fsp3) is 0.235. The zero-order valence-corrected chi connectivity index (χ0v) is 14.1. The minimum Gasteiger partial charge on any atom is -0.465 e. The predicted molar refractivity (Wildman–Crippen MR) is 91.9 cm³/mol. The molecule has 0 atom stereocenters. The number of nitrogens with one attached hydrogen (secondary N) is 1. The predicted octanol–water partition coefficient (Wildman–Crippen LogP) is 3.79. The van der Waals surface area contributed by atoms with Gasteiger partial charge in [-0.15, -0.1) is 11.3 Å². The molecule has 0 aliphatic rings. The van der Waals surface area contributed by atoms with Crippen molar-refractivity contribution in [2.24, 2.45) is 0 Å². The molecule has 2 heterocycles. The van der Waals surface area contributed by atoms with Gasteiger partial charge >= 0.3 is 5.97 Å². The summed E-state index contributed by atoms with van der Waals surface area (Å²) in [6, 6.07) is 6.09. The summed E-state index contributed by atoms with van der Waals surface area (Å²) < 4.78 is 18.7. The number of carbonyl (C=O) groups excluding carboxylic acids is 1. The molecule has 0 radical (unpaired) electrons. The number of hydrogen-bond donors (Lipinski definition) is 1. The summed E-state index contributed by atoms with van der Waals surface area (Å²) in [5.74, 6) is 0.519. The molecule has 1 aromatic carbocycles. The monoisotopic (exact) mass is 345 g/mol. The van der Waals surface area contributed by atoms with Crippen molar-refractivity contribution in [1.29, 1.82) is 0 Å². The van der Waals surface area contributed by atoms with Gasteiger partial charge in [-0.05, 0) is 29.6 Å². The molecule has 0 aliphatic carbocycles. The molecule has 24 heavy (non-hydrogen) atoms. The third kappa shape index (κ3) is 3.21. The highest BCUT2D eigenvalue weighted by molar-refractivity contribution is 7.16. The first kappa shape index (κ1) is 16.3. The Balaban J connectivity index is 1.88. The van der Waals surface area contributed by atoms with E-state index >= 15 is 0 Å². The van der Waals surface area contributed by atoms with Crippen LogP contribution in [0.3, 0.4) is 0 Å². The number of thiophene rings is 1. The first-order valence-electron chi connectivity index (χ1n) is 7.47. The molecule has 0 fully saturated rings. The van der Waals surface area contributed by atoms with Crippen LogP contribution < -0.4 is 5.32 Å². The third-order valence-electron chi connectivity index (χ3n) is 3.60. The summed E-state index contributed by atoms with van der Waals surface area (Å²) in [6.45, 7) is 2.19. The zero-order valence-electron chi connectivity index (χ0n) is 13.3. The summed E-state index contributed by atoms with van der Waals surface area (Å²) in [5.41, 5.74) is 0.686. The Morgan fingerprint density at radius 3 is 2.92 bits per heavy atom. The van der Waals surface area contributed by atoms with Gasteiger partial charge in [-0.25, -0.2) is 19.2 Å². The van der Waals surface area contributed by atoms with Gasteiger partial charge in [0.25, 0.3) is 0 Å². The Morgan fingerprint density at radius 2 is 2.17 bits per heavy atom. The molecule has 124 valence electrons. The van der Waals surface area contributed by atoms with Crippen LogP contribution in [0, 0.1) is 5.82 Å². The Hall–Kier alpha value is -2.54. The number of ether oxygens (including phenoxy) is 1. The zero-order chi connectivity index (χ0) is 17.1. The number of fused-ring (bicyclic) bond motifs is 1. The molecule has 3 rings (SSSR count). The van der Waals surface area contributed by atoms with E-state index in [2.05, 4.69) is 20.0 Å². The van der Waals surface area contributed by atoms with Crippen LogP contribution in [-0.2, 0) is 17.7 Å². The summed E-state index contributed by atoms with van der Waals surface area (Å²) in [5, 5.41) is 6.00. The maximum atomic E-state index is 14.0. The minimum atomic E-state index is -0.494. The van der Waals surface area contributed by atoms with Crippen molar-refractivity contribution in [3.8, 4) is 0 Å². The second kappa shape index (κ2) is 6.92. The number of hydrogen-bond acceptors (Lipinski definition) is 6. The van der Waals surface area contributed by atoms with E-state index in [1.54, 1.807) is 0 Å². The van der Waals surface area contributed by atoms with Crippen molar-refractivity contribution < 1.29 is 13.9 Å². The Labute approximate surface area is 142 Å². The molecular weight excluding hydrogens is 329 g/mol. The third-order valence-corrected chi connectivity index (χ3v) is 4.41. The van der Waals surface area contributed by atoms with Crippen LogP contribution in [0.15, 0.2) is 29.6 Å². The molecule has 0 unspecified atom stereocenters. The van der Waals surface area contributed by atoms with Crippen LogP contribution in [0.4, 0.5) is 10.2 Å². The van der Waals surface area contributed by atoms with Crippen molar-refractivity contribution >= 4 is 33.3 Å². The molecule has 0 bridgehead atoms. The second-order valence-electron chi connectivity index (χ2n) is 5.13. The van der Waals surface area contributed by atoms with Crippen molar-refractivity contribution in [3.63, 3.8) is 0 Å². The lowest BCUT2D eigenvalue weighted by Crippen LogP contribution is -2.08. The van der Waals surface area contributed by atoms with E-state index in [0.717, 1.165) is 16.0 Å². The van der Waals surface area contributed by atoms with E-state index in [4.69, 9.17) is 0 Å². The van der Waals surface area contributed by atoms with Crippen LogP contribution in [0.2, 0.25) is 0 Å². The molecule has 7 heteroatoms. The molecule has 0 saturated carbocycles. The molecule has 1 N–H and O–H groups in total. The summed E-state index contributed by atoms with van der Waals surface area (Å²) in [4.78, 5) is 21.4. The van der Waals surface area contributed by atoms with E-state index in [1.807, 2.05) is 18.4 Å². The van der Waals surface area contributed by atoms with Gasteiger partial charge in [-0.3, -0.25) is 0 Å². The number of rotatable bonds is 5. The summed E-state index contributed by atoms with van der Waals surface area (Å²) in [7, 11) is 1.30. The van der Waals surface area contributed by atoms with E-state index in [9.17, 15) is 9.18 Å². The number of aryl methyl sites for hydroxylation is 1. The smallest absolute Gasteiger partial charge is 0.337 e. The van der Waals surface area contributed by atoms with E-state index in [1.165, 1.54) is 36.6 Å². The van der Waals surface area contributed by atoms with Crippen molar-refractivity contribution in [3.05, 3.63) is 52.4 Å². The summed E-state index contributed by atoms with van der Waals surface area (Å²) >= 11 is 1.54. The number of aromatic nitrogens is 2. The molecular formula is C17H16FN3O2S. The van der Waals surface area contributed by atoms with Gasteiger partial charge in [-0.1, -0.05) is 6.92 Å². The van der Waals surface area contributed by atoms with Crippen molar-refractivity contribution in [2.75, 3.05) is 12.4 Å². The first-order chi connectivity index (χ1) is 11.6. The van der Waals surface area contributed by atoms with Crippen LogP contribution in [0.1, 0.15) is 28.7 Å².